The Morgan fingerprint density at radius 3 is 2.45 bits per heavy atom. The van der Waals surface area contributed by atoms with Gasteiger partial charge in [0.05, 0.1) is 16.8 Å². The highest BCUT2D eigenvalue weighted by atomic mass is 79.9. The van der Waals surface area contributed by atoms with E-state index < -0.39 is 16.1 Å². The molecule has 9 heteroatoms. The van der Waals surface area contributed by atoms with Crippen LogP contribution >= 0.6 is 27.5 Å². The number of H-pyrrole nitrogens is 1. The summed E-state index contributed by atoms with van der Waals surface area (Å²) in [6.07, 6.45) is 2.17. The normalized spacial score (nSPS) is 16.2. The van der Waals surface area contributed by atoms with Crippen molar-refractivity contribution in [2.75, 3.05) is 13.1 Å². The number of imidazole rings is 1. The van der Waals surface area contributed by atoms with E-state index in [0.717, 1.165) is 15.7 Å². The van der Waals surface area contributed by atoms with Crippen molar-refractivity contribution >= 4 is 37.6 Å². The molecule has 2 N–H and O–H groups in total. The van der Waals surface area contributed by atoms with Crippen LogP contribution in [-0.2, 0) is 10.0 Å². The minimum Gasteiger partial charge on any atom is -0.393 e. The van der Waals surface area contributed by atoms with E-state index >= 15 is 0 Å². The van der Waals surface area contributed by atoms with E-state index in [2.05, 4.69) is 25.9 Å². The lowest BCUT2D eigenvalue weighted by molar-refractivity contribution is 0.113. The van der Waals surface area contributed by atoms with Gasteiger partial charge in [0.25, 0.3) is 0 Å². The fraction of sp³-hybridized carbons (Fsp3) is 0.250. The number of nitrogens with one attached hydrogen (secondary N) is 1. The molecule has 2 heterocycles. The maximum atomic E-state index is 13.1. The average molecular weight is 497 g/mol. The van der Waals surface area contributed by atoms with Crippen molar-refractivity contribution in [2.45, 2.75) is 23.8 Å². The molecular weight excluding hydrogens is 478 g/mol. The Morgan fingerprint density at radius 2 is 1.76 bits per heavy atom. The number of rotatable bonds is 4. The Bertz CT molecular complexity index is 1120. The predicted octanol–water partition coefficient (Wildman–Crippen LogP) is 4.31. The first-order valence-electron chi connectivity index (χ1n) is 9.14. The molecular formula is C20H19BrClN3O3S. The highest BCUT2D eigenvalue weighted by Crippen LogP contribution is 2.31. The largest absolute Gasteiger partial charge is 0.393 e. The number of halogens is 2. The molecule has 0 atom stereocenters. The van der Waals surface area contributed by atoms with Gasteiger partial charge < -0.3 is 10.1 Å². The third kappa shape index (κ3) is 4.27. The molecule has 1 aliphatic heterocycles. The van der Waals surface area contributed by atoms with Crippen LogP contribution in [0.4, 0.5) is 0 Å². The second-order valence-electron chi connectivity index (χ2n) is 6.92. The van der Waals surface area contributed by atoms with Crippen LogP contribution in [0, 0.1) is 0 Å². The minimum absolute atomic E-state index is 0.0506. The Balaban J connectivity index is 1.66. The standard InChI is InChI=1S/C20H19BrClN3O3S/c21-15-4-1-13(2-5-15)18-12-23-20(24-18)14-3-6-17(22)19(11-14)29(27,28)25-9-7-16(26)8-10-25/h1-6,11-12,16,26H,7-10H2,(H,23,24). The van der Waals surface area contributed by atoms with Gasteiger partial charge in [0, 0.05) is 34.9 Å². The molecule has 1 saturated heterocycles. The van der Waals surface area contributed by atoms with Crippen LogP contribution in [0.3, 0.4) is 0 Å². The summed E-state index contributed by atoms with van der Waals surface area (Å²) in [5, 5.41) is 9.83. The molecule has 0 amide bonds. The van der Waals surface area contributed by atoms with Gasteiger partial charge in [0.15, 0.2) is 0 Å². The lowest BCUT2D eigenvalue weighted by Crippen LogP contribution is -2.40. The second-order valence-corrected chi connectivity index (χ2v) is 10.2. The van der Waals surface area contributed by atoms with Gasteiger partial charge in [0.1, 0.15) is 10.7 Å². The molecule has 4 rings (SSSR count). The van der Waals surface area contributed by atoms with Crippen molar-refractivity contribution in [2.24, 2.45) is 0 Å². The third-order valence-electron chi connectivity index (χ3n) is 4.96. The molecule has 152 valence electrons. The van der Waals surface area contributed by atoms with Gasteiger partial charge in [-0.2, -0.15) is 4.31 Å². The van der Waals surface area contributed by atoms with E-state index in [4.69, 9.17) is 11.6 Å². The summed E-state index contributed by atoms with van der Waals surface area (Å²) in [5.74, 6) is 0.560. The van der Waals surface area contributed by atoms with Crippen molar-refractivity contribution < 1.29 is 13.5 Å². The molecule has 29 heavy (non-hydrogen) atoms. The lowest BCUT2D eigenvalue weighted by Gasteiger charge is -2.29. The lowest BCUT2D eigenvalue weighted by atomic mass is 10.1. The van der Waals surface area contributed by atoms with Crippen LogP contribution in [0.1, 0.15) is 12.8 Å². The maximum absolute atomic E-state index is 13.1. The first-order valence-corrected chi connectivity index (χ1v) is 11.8. The van der Waals surface area contributed by atoms with E-state index in [1.807, 2.05) is 24.3 Å². The molecule has 0 radical (unpaired) electrons. The molecule has 1 fully saturated rings. The van der Waals surface area contributed by atoms with Crippen molar-refractivity contribution in [1.29, 1.82) is 0 Å². The van der Waals surface area contributed by atoms with Crippen LogP contribution < -0.4 is 0 Å². The van der Waals surface area contributed by atoms with Crippen molar-refractivity contribution in [3.8, 4) is 22.6 Å². The molecule has 1 aromatic heterocycles. The molecule has 0 aliphatic carbocycles. The zero-order chi connectivity index (χ0) is 20.6. The number of sulfonamides is 1. The Morgan fingerprint density at radius 1 is 1.10 bits per heavy atom. The quantitative estimate of drug-likeness (QED) is 0.564. The third-order valence-corrected chi connectivity index (χ3v) is 7.87. The van der Waals surface area contributed by atoms with Crippen molar-refractivity contribution in [1.82, 2.24) is 14.3 Å². The number of piperidine rings is 1. The fourth-order valence-corrected chi connectivity index (χ4v) is 5.54. The van der Waals surface area contributed by atoms with Crippen LogP contribution in [0.2, 0.25) is 5.02 Å². The highest BCUT2D eigenvalue weighted by Gasteiger charge is 2.30. The summed E-state index contributed by atoms with van der Waals surface area (Å²) < 4.78 is 28.5. The van der Waals surface area contributed by atoms with E-state index in [9.17, 15) is 13.5 Å². The Labute approximate surface area is 182 Å². The number of nitrogens with zero attached hydrogens (tertiary/aromatic N) is 2. The van der Waals surface area contributed by atoms with Gasteiger partial charge in [-0.15, -0.1) is 0 Å². The number of aliphatic hydroxyl groups is 1. The summed E-state index contributed by atoms with van der Waals surface area (Å²) in [4.78, 5) is 7.76. The van der Waals surface area contributed by atoms with Gasteiger partial charge in [-0.3, -0.25) is 0 Å². The first-order chi connectivity index (χ1) is 13.8. The topological polar surface area (TPSA) is 86.3 Å². The summed E-state index contributed by atoms with van der Waals surface area (Å²) in [7, 11) is -3.75. The van der Waals surface area contributed by atoms with Crippen LogP contribution in [-0.4, -0.2) is 47.0 Å². The molecule has 0 spiro atoms. The zero-order valence-corrected chi connectivity index (χ0v) is 18.5. The number of hydrogen-bond donors (Lipinski definition) is 2. The van der Waals surface area contributed by atoms with Gasteiger partial charge in [-0.05, 0) is 43.2 Å². The molecule has 1 aliphatic rings. The van der Waals surface area contributed by atoms with Gasteiger partial charge in [-0.1, -0.05) is 39.7 Å². The Kier molecular flexibility index (Phi) is 5.81. The van der Waals surface area contributed by atoms with Gasteiger partial charge in [0.2, 0.25) is 10.0 Å². The maximum Gasteiger partial charge on any atom is 0.244 e. The van der Waals surface area contributed by atoms with E-state index in [0.29, 0.717) is 24.2 Å². The monoisotopic (exact) mass is 495 g/mol. The molecule has 3 aromatic rings. The van der Waals surface area contributed by atoms with E-state index in [1.165, 1.54) is 4.31 Å². The number of hydrogen-bond acceptors (Lipinski definition) is 4. The fourth-order valence-electron chi connectivity index (χ4n) is 3.31. The molecule has 2 aromatic carbocycles. The number of benzene rings is 2. The average Bonchev–Trinajstić information content (AvgIpc) is 3.19. The summed E-state index contributed by atoms with van der Waals surface area (Å²) in [5.41, 5.74) is 2.34. The SMILES string of the molecule is O=S(=O)(c1cc(-c2nc(-c3ccc(Br)cc3)c[nH]2)ccc1Cl)N1CCC(O)CC1. The summed E-state index contributed by atoms with van der Waals surface area (Å²) >= 11 is 9.66. The summed E-state index contributed by atoms with van der Waals surface area (Å²) in [6, 6.07) is 12.6. The summed E-state index contributed by atoms with van der Waals surface area (Å²) in [6.45, 7) is 0.553. The second kappa shape index (κ2) is 8.20. The van der Waals surface area contributed by atoms with E-state index in [-0.39, 0.29) is 23.0 Å². The number of aromatic amines is 1. The predicted molar refractivity (Wildman–Crippen MR) is 116 cm³/mol. The van der Waals surface area contributed by atoms with Crippen LogP contribution in [0.15, 0.2) is 58.0 Å². The number of aliphatic hydroxyl groups excluding tert-OH is 1. The Hall–Kier alpha value is -1.71. The highest BCUT2D eigenvalue weighted by molar-refractivity contribution is 9.10. The molecule has 0 saturated carbocycles. The molecule has 0 unspecified atom stereocenters. The van der Waals surface area contributed by atoms with Crippen LogP contribution in [0.25, 0.3) is 22.6 Å². The van der Waals surface area contributed by atoms with Crippen molar-refractivity contribution in [3.05, 3.63) is 58.2 Å². The number of aromatic nitrogens is 2. The zero-order valence-electron chi connectivity index (χ0n) is 15.3. The van der Waals surface area contributed by atoms with Gasteiger partial charge in [-0.25, -0.2) is 13.4 Å². The van der Waals surface area contributed by atoms with Gasteiger partial charge >= 0.3 is 0 Å². The molecule has 6 nitrogen and oxygen atoms in total. The van der Waals surface area contributed by atoms with E-state index in [1.54, 1.807) is 24.4 Å². The molecule has 0 bridgehead atoms. The minimum atomic E-state index is -3.75. The smallest absolute Gasteiger partial charge is 0.244 e. The van der Waals surface area contributed by atoms with Crippen molar-refractivity contribution in [3.63, 3.8) is 0 Å². The van der Waals surface area contributed by atoms with Crippen LogP contribution in [0.5, 0.6) is 0 Å². The first kappa shape index (κ1) is 20.6.